The molecule has 0 saturated heterocycles. The Bertz CT molecular complexity index is 392. The fraction of sp³-hybridized carbons (Fsp3) is 0.500. The number of rotatable bonds is 6. The Morgan fingerprint density at radius 2 is 2.06 bits per heavy atom. The van der Waals surface area contributed by atoms with Gasteiger partial charge < -0.3 is 5.32 Å². The van der Waals surface area contributed by atoms with Crippen molar-refractivity contribution >= 4 is 5.69 Å². The molecule has 0 atom stereocenters. The maximum absolute atomic E-state index is 13.7. The number of hydrogen-bond acceptors (Lipinski definition) is 3. The summed E-state index contributed by atoms with van der Waals surface area (Å²) in [6.45, 7) is 4.41. The van der Waals surface area contributed by atoms with Crippen molar-refractivity contribution in [2.45, 2.75) is 39.3 Å². The van der Waals surface area contributed by atoms with Crippen LogP contribution in [0, 0.1) is 15.9 Å². The summed E-state index contributed by atoms with van der Waals surface area (Å²) < 4.78 is 13.7. The van der Waals surface area contributed by atoms with Gasteiger partial charge in [-0.05, 0) is 12.8 Å². The van der Waals surface area contributed by atoms with Crippen molar-refractivity contribution < 1.29 is 9.31 Å². The monoisotopic (exact) mass is 240 g/mol. The fourth-order valence-corrected chi connectivity index (χ4v) is 1.68. The topological polar surface area (TPSA) is 55.2 Å². The molecule has 4 nitrogen and oxygen atoms in total. The first-order chi connectivity index (χ1) is 8.10. The summed E-state index contributed by atoms with van der Waals surface area (Å²) in [4.78, 5) is 9.87. The summed E-state index contributed by atoms with van der Waals surface area (Å²) in [6, 6.07) is 4.56. The third kappa shape index (κ3) is 3.49. The number of hydrogen-bond donors (Lipinski definition) is 1. The predicted octanol–water partition coefficient (Wildman–Crippen LogP) is 3.01. The van der Waals surface area contributed by atoms with E-state index in [2.05, 4.69) is 5.32 Å². The fourth-order valence-electron chi connectivity index (χ4n) is 1.68. The van der Waals surface area contributed by atoms with Crippen LogP contribution in [0.15, 0.2) is 18.2 Å². The summed E-state index contributed by atoms with van der Waals surface area (Å²) in [5.74, 6) is -0.740. The highest BCUT2D eigenvalue weighted by molar-refractivity contribution is 5.36. The van der Waals surface area contributed by atoms with E-state index in [9.17, 15) is 14.5 Å². The Hall–Kier alpha value is -1.49. The van der Waals surface area contributed by atoms with Crippen LogP contribution in [0.25, 0.3) is 0 Å². The molecule has 0 bridgehead atoms. The Kier molecular flexibility index (Phi) is 5.03. The Morgan fingerprint density at radius 3 is 2.59 bits per heavy atom. The minimum absolute atomic E-state index is 0.314. The molecule has 1 rings (SSSR count). The Labute approximate surface area is 100.0 Å². The van der Waals surface area contributed by atoms with Crippen molar-refractivity contribution in [2.24, 2.45) is 0 Å². The van der Waals surface area contributed by atoms with Gasteiger partial charge in [0.15, 0.2) is 0 Å². The first-order valence-corrected chi connectivity index (χ1v) is 5.75. The highest BCUT2D eigenvalue weighted by Crippen LogP contribution is 2.20. The summed E-state index contributed by atoms with van der Waals surface area (Å²) in [5.41, 5.74) is -0.125. The lowest BCUT2D eigenvalue weighted by Crippen LogP contribution is -2.27. The maximum Gasteiger partial charge on any atom is 0.305 e. The van der Waals surface area contributed by atoms with E-state index in [-0.39, 0.29) is 0 Å². The van der Waals surface area contributed by atoms with Crippen molar-refractivity contribution in [3.63, 3.8) is 0 Å². The van der Waals surface area contributed by atoms with E-state index in [0.717, 1.165) is 12.8 Å². The van der Waals surface area contributed by atoms with Gasteiger partial charge in [-0.15, -0.1) is 0 Å². The molecule has 1 aromatic carbocycles. The van der Waals surface area contributed by atoms with Crippen LogP contribution in [0.5, 0.6) is 0 Å². The van der Waals surface area contributed by atoms with E-state index >= 15 is 0 Å². The lowest BCUT2D eigenvalue weighted by Gasteiger charge is -2.14. The lowest BCUT2D eigenvalue weighted by atomic mass is 10.1. The average Bonchev–Trinajstić information content (AvgIpc) is 2.32. The molecule has 1 N–H and O–H groups in total. The molecule has 0 radical (unpaired) electrons. The zero-order valence-corrected chi connectivity index (χ0v) is 10.1. The molecular weight excluding hydrogens is 223 g/mol. The number of nitro benzene ring substituents is 1. The number of nitro groups is 1. The zero-order valence-electron chi connectivity index (χ0n) is 10.1. The number of nitrogens with one attached hydrogen (secondary N) is 1. The van der Waals surface area contributed by atoms with Crippen LogP contribution < -0.4 is 5.32 Å². The Balaban J connectivity index is 2.78. The second kappa shape index (κ2) is 6.30. The van der Waals surface area contributed by atoms with Crippen LogP contribution in [-0.4, -0.2) is 11.0 Å². The van der Waals surface area contributed by atoms with Gasteiger partial charge >= 0.3 is 5.69 Å². The van der Waals surface area contributed by atoms with Gasteiger partial charge in [-0.2, -0.15) is 4.39 Å². The van der Waals surface area contributed by atoms with Crippen LogP contribution >= 0.6 is 0 Å². The van der Waals surface area contributed by atoms with Gasteiger partial charge in [0.1, 0.15) is 0 Å². The third-order valence-electron chi connectivity index (χ3n) is 2.82. The highest BCUT2D eigenvalue weighted by atomic mass is 19.1. The molecule has 0 amide bonds. The van der Waals surface area contributed by atoms with Crippen molar-refractivity contribution in [3.05, 3.63) is 39.7 Å². The smallest absolute Gasteiger partial charge is 0.305 e. The summed E-state index contributed by atoms with van der Waals surface area (Å²) >= 11 is 0. The molecule has 0 saturated carbocycles. The SMILES string of the molecule is CCC(CC)NCc1cccc([N+](=O)[O-])c1F. The van der Waals surface area contributed by atoms with E-state index in [1.807, 2.05) is 13.8 Å². The van der Waals surface area contributed by atoms with E-state index < -0.39 is 16.4 Å². The number of benzene rings is 1. The van der Waals surface area contributed by atoms with Crippen LogP contribution in [0.1, 0.15) is 32.3 Å². The van der Waals surface area contributed by atoms with Crippen molar-refractivity contribution in [1.82, 2.24) is 5.32 Å². The first-order valence-electron chi connectivity index (χ1n) is 5.75. The van der Waals surface area contributed by atoms with Crippen LogP contribution in [-0.2, 0) is 6.54 Å². The predicted molar refractivity (Wildman–Crippen MR) is 64.3 cm³/mol. The number of halogens is 1. The summed E-state index contributed by atoms with van der Waals surface area (Å²) in [7, 11) is 0. The van der Waals surface area contributed by atoms with Gasteiger partial charge in [0.05, 0.1) is 4.92 Å². The van der Waals surface area contributed by atoms with Gasteiger partial charge in [0, 0.05) is 24.2 Å². The van der Waals surface area contributed by atoms with Crippen molar-refractivity contribution in [2.75, 3.05) is 0 Å². The van der Waals surface area contributed by atoms with E-state index in [0.29, 0.717) is 18.2 Å². The second-order valence-corrected chi connectivity index (χ2v) is 3.90. The maximum atomic E-state index is 13.7. The third-order valence-corrected chi connectivity index (χ3v) is 2.82. The van der Waals surface area contributed by atoms with Crippen LogP contribution in [0.4, 0.5) is 10.1 Å². The molecule has 1 aromatic rings. The van der Waals surface area contributed by atoms with Gasteiger partial charge in [-0.3, -0.25) is 10.1 Å². The average molecular weight is 240 g/mol. The van der Waals surface area contributed by atoms with E-state index in [4.69, 9.17) is 0 Å². The van der Waals surface area contributed by atoms with Crippen molar-refractivity contribution in [1.29, 1.82) is 0 Å². The molecule has 0 aliphatic rings. The van der Waals surface area contributed by atoms with Crippen molar-refractivity contribution in [3.8, 4) is 0 Å². The molecule has 17 heavy (non-hydrogen) atoms. The van der Waals surface area contributed by atoms with Crippen LogP contribution in [0.2, 0.25) is 0 Å². The molecular formula is C12H17FN2O2. The van der Waals surface area contributed by atoms with E-state index in [1.165, 1.54) is 12.1 Å². The minimum atomic E-state index is -0.740. The quantitative estimate of drug-likeness (QED) is 0.614. The molecule has 0 spiro atoms. The molecule has 0 unspecified atom stereocenters. The van der Waals surface area contributed by atoms with Gasteiger partial charge in [0.25, 0.3) is 0 Å². The lowest BCUT2D eigenvalue weighted by molar-refractivity contribution is -0.387. The molecule has 0 aliphatic carbocycles. The zero-order chi connectivity index (χ0) is 12.8. The highest BCUT2D eigenvalue weighted by Gasteiger charge is 2.17. The van der Waals surface area contributed by atoms with Crippen LogP contribution in [0.3, 0.4) is 0 Å². The first kappa shape index (κ1) is 13.6. The molecule has 0 aliphatic heterocycles. The Morgan fingerprint density at radius 1 is 1.41 bits per heavy atom. The van der Waals surface area contributed by atoms with Gasteiger partial charge in [0.2, 0.25) is 5.82 Å². The van der Waals surface area contributed by atoms with E-state index in [1.54, 1.807) is 6.07 Å². The minimum Gasteiger partial charge on any atom is -0.310 e. The molecule has 0 heterocycles. The van der Waals surface area contributed by atoms with Gasteiger partial charge in [-0.1, -0.05) is 26.0 Å². The molecule has 5 heteroatoms. The normalized spacial score (nSPS) is 10.8. The molecule has 94 valence electrons. The second-order valence-electron chi connectivity index (χ2n) is 3.90. The largest absolute Gasteiger partial charge is 0.310 e. The standard InChI is InChI=1S/C12H17FN2O2/c1-3-10(4-2)14-8-9-6-5-7-11(12(9)13)15(16)17/h5-7,10,14H,3-4,8H2,1-2H3. The molecule has 0 aromatic heterocycles. The summed E-state index contributed by atoms with van der Waals surface area (Å²) in [6.07, 6.45) is 1.90. The van der Waals surface area contributed by atoms with Gasteiger partial charge in [-0.25, -0.2) is 0 Å². The molecule has 0 fully saturated rings. The number of nitrogens with zero attached hydrogens (tertiary/aromatic N) is 1. The summed E-state index contributed by atoms with van der Waals surface area (Å²) in [5, 5.41) is 13.7.